The van der Waals surface area contributed by atoms with E-state index in [9.17, 15) is 9.59 Å². The molecule has 2 aromatic heterocycles. The predicted octanol–water partition coefficient (Wildman–Crippen LogP) is 2.20. The third-order valence-electron chi connectivity index (χ3n) is 2.74. The molecule has 2 heterocycles. The third kappa shape index (κ3) is 3.64. The molecule has 1 unspecified atom stereocenters. The van der Waals surface area contributed by atoms with Crippen LogP contribution in [0.15, 0.2) is 35.2 Å². The Kier molecular flexibility index (Phi) is 4.47. The average Bonchev–Trinajstić information content (AvgIpc) is 2.91. The summed E-state index contributed by atoms with van der Waals surface area (Å²) in [7, 11) is 0. The molecule has 5 nitrogen and oxygen atoms in total. The van der Waals surface area contributed by atoms with Crippen molar-refractivity contribution < 1.29 is 14.7 Å². The Morgan fingerprint density at radius 1 is 1.40 bits per heavy atom. The van der Waals surface area contributed by atoms with Gasteiger partial charge in [-0.3, -0.25) is 4.79 Å². The first-order chi connectivity index (χ1) is 9.56. The smallest absolute Gasteiger partial charge is 0.354 e. The van der Waals surface area contributed by atoms with Crippen molar-refractivity contribution in [1.29, 1.82) is 0 Å². The molecule has 0 saturated heterocycles. The Labute approximate surface area is 120 Å². The van der Waals surface area contributed by atoms with E-state index in [4.69, 9.17) is 5.11 Å². The van der Waals surface area contributed by atoms with Gasteiger partial charge >= 0.3 is 5.97 Å². The van der Waals surface area contributed by atoms with Crippen LogP contribution in [0.3, 0.4) is 0 Å². The number of nitrogens with one attached hydrogen (secondary N) is 1. The highest BCUT2D eigenvalue weighted by atomic mass is 32.1. The third-order valence-corrected chi connectivity index (χ3v) is 3.48. The van der Waals surface area contributed by atoms with Crippen LogP contribution in [0.1, 0.15) is 33.3 Å². The summed E-state index contributed by atoms with van der Waals surface area (Å²) in [6.45, 7) is 1.93. The van der Waals surface area contributed by atoms with Gasteiger partial charge in [0.2, 0.25) is 0 Å². The number of carbonyl (C=O) groups is 2. The lowest BCUT2D eigenvalue weighted by atomic mass is 10.1. The summed E-state index contributed by atoms with van der Waals surface area (Å²) in [4.78, 5) is 26.4. The molecule has 0 saturated carbocycles. The topological polar surface area (TPSA) is 79.3 Å². The minimum Gasteiger partial charge on any atom is -0.477 e. The Morgan fingerprint density at radius 2 is 2.20 bits per heavy atom. The second-order valence-electron chi connectivity index (χ2n) is 4.45. The summed E-state index contributed by atoms with van der Waals surface area (Å²) in [6, 6.07) is 4.80. The van der Waals surface area contributed by atoms with Crippen molar-refractivity contribution in [2.75, 3.05) is 0 Å². The normalized spacial score (nSPS) is 11.8. The van der Waals surface area contributed by atoms with Gasteiger partial charge < -0.3 is 10.4 Å². The van der Waals surface area contributed by atoms with Gasteiger partial charge in [-0.2, -0.15) is 11.3 Å². The van der Waals surface area contributed by atoms with Gasteiger partial charge in [-0.15, -0.1) is 0 Å². The number of nitrogens with zero attached hydrogens (tertiary/aromatic N) is 1. The number of amides is 1. The molecule has 2 aromatic rings. The van der Waals surface area contributed by atoms with Gasteiger partial charge in [0.15, 0.2) is 0 Å². The maximum Gasteiger partial charge on any atom is 0.354 e. The fourth-order valence-electron chi connectivity index (χ4n) is 1.78. The van der Waals surface area contributed by atoms with E-state index >= 15 is 0 Å². The van der Waals surface area contributed by atoms with E-state index in [1.54, 1.807) is 11.3 Å². The summed E-state index contributed by atoms with van der Waals surface area (Å²) < 4.78 is 0. The van der Waals surface area contributed by atoms with E-state index in [2.05, 4.69) is 10.3 Å². The first-order valence-corrected chi connectivity index (χ1v) is 7.02. The van der Waals surface area contributed by atoms with E-state index in [1.807, 2.05) is 23.8 Å². The lowest BCUT2D eigenvalue weighted by molar-refractivity contribution is 0.0689. The molecule has 20 heavy (non-hydrogen) atoms. The van der Waals surface area contributed by atoms with Crippen molar-refractivity contribution in [3.8, 4) is 0 Å². The van der Waals surface area contributed by atoms with Crippen molar-refractivity contribution >= 4 is 23.2 Å². The molecule has 0 fully saturated rings. The average molecular weight is 290 g/mol. The quantitative estimate of drug-likeness (QED) is 0.884. The standard InChI is InChI=1S/C14H14N2O3S/c1-9(6-10-4-5-20-8-10)16-13(17)11-2-3-12(14(18)19)15-7-11/h2-5,7-9H,6H2,1H3,(H,16,17)(H,18,19). The van der Waals surface area contributed by atoms with Crippen LogP contribution in [0.25, 0.3) is 0 Å². The zero-order valence-corrected chi connectivity index (χ0v) is 11.7. The van der Waals surface area contributed by atoms with Crippen LogP contribution in [0, 0.1) is 0 Å². The van der Waals surface area contributed by atoms with Crippen LogP contribution >= 0.6 is 11.3 Å². The van der Waals surface area contributed by atoms with Crippen LogP contribution < -0.4 is 5.32 Å². The molecular weight excluding hydrogens is 276 g/mol. The maximum absolute atomic E-state index is 12.0. The Balaban J connectivity index is 1.95. The number of aromatic carboxylic acids is 1. The molecule has 1 amide bonds. The number of hydrogen-bond donors (Lipinski definition) is 2. The van der Waals surface area contributed by atoms with E-state index in [-0.39, 0.29) is 17.6 Å². The van der Waals surface area contributed by atoms with Crippen LogP contribution in [0.2, 0.25) is 0 Å². The minimum atomic E-state index is -1.11. The molecule has 1 atom stereocenters. The summed E-state index contributed by atoms with van der Waals surface area (Å²) in [5.41, 5.74) is 1.46. The number of rotatable bonds is 5. The predicted molar refractivity (Wildman–Crippen MR) is 76.1 cm³/mol. The highest BCUT2D eigenvalue weighted by Crippen LogP contribution is 2.09. The van der Waals surface area contributed by atoms with Gasteiger partial charge in [0.25, 0.3) is 5.91 Å². The molecule has 6 heteroatoms. The number of carbonyl (C=O) groups excluding carboxylic acids is 1. The Hall–Kier alpha value is -2.21. The number of thiophene rings is 1. The van der Waals surface area contributed by atoms with Crippen LogP contribution in [-0.4, -0.2) is 28.0 Å². The number of hydrogen-bond acceptors (Lipinski definition) is 4. The molecule has 0 radical (unpaired) electrons. The lowest BCUT2D eigenvalue weighted by Crippen LogP contribution is -2.34. The summed E-state index contributed by atoms with van der Waals surface area (Å²) >= 11 is 1.62. The SMILES string of the molecule is CC(Cc1ccsc1)NC(=O)c1ccc(C(=O)O)nc1. The zero-order valence-electron chi connectivity index (χ0n) is 10.9. The molecule has 0 aliphatic carbocycles. The zero-order chi connectivity index (χ0) is 14.5. The van der Waals surface area contributed by atoms with Gasteiger partial charge in [0.05, 0.1) is 5.56 Å². The van der Waals surface area contributed by atoms with E-state index in [0.29, 0.717) is 5.56 Å². The Bertz CT molecular complexity index is 593. The largest absolute Gasteiger partial charge is 0.477 e. The van der Waals surface area contributed by atoms with Crippen LogP contribution in [-0.2, 0) is 6.42 Å². The number of aromatic nitrogens is 1. The van der Waals surface area contributed by atoms with Gasteiger partial charge in [0.1, 0.15) is 5.69 Å². The maximum atomic E-state index is 12.0. The van der Waals surface area contributed by atoms with Gasteiger partial charge in [-0.25, -0.2) is 9.78 Å². The lowest BCUT2D eigenvalue weighted by Gasteiger charge is -2.13. The van der Waals surface area contributed by atoms with Crippen LogP contribution in [0.4, 0.5) is 0 Å². The molecule has 0 aliphatic rings. The van der Waals surface area contributed by atoms with Crippen molar-refractivity contribution in [1.82, 2.24) is 10.3 Å². The number of carboxylic acid groups (broad SMARTS) is 1. The van der Waals surface area contributed by atoms with Gasteiger partial charge in [-0.1, -0.05) is 0 Å². The van der Waals surface area contributed by atoms with E-state index < -0.39 is 5.97 Å². The van der Waals surface area contributed by atoms with Crippen molar-refractivity contribution in [2.45, 2.75) is 19.4 Å². The molecule has 0 aliphatic heterocycles. The fourth-order valence-corrected chi connectivity index (χ4v) is 2.46. The minimum absolute atomic E-state index is 0.00347. The first-order valence-electron chi connectivity index (χ1n) is 6.07. The molecule has 2 rings (SSSR count). The number of carboxylic acids is 1. The summed E-state index contributed by atoms with van der Waals surface area (Å²) in [5.74, 6) is -1.36. The van der Waals surface area contributed by atoms with Crippen molar-refractivity contribution in [3.05, 3.63) is 52.0 Å². The fraction of sp³-hybridized carbons (Fsp3) is 0.214. The molecule has 2 N–H and O–H groups in total. The highest BCUT2D eigenvalue weighted by Gasteiger charge is 2.12. The second-order valence-corrected chi connectivity index (χ2v) is 5.23. The summed E-state index contributed by atoms with van der Waals surface area (Å²) in [5, 5.41) is 15.6. The van der Waals surface area contributed by atoms with Crippen molar-refractivity contribution in [2.24, 2.45) is 0 Å². The second kappa shape index (κ2) is 6.29. The molecule has 0 aromatic carbocycles. The van der Waals surface area contributed by atoms with E-state index in [1.165, 1.54) is 23.9 Å². The molecule has 104 valence electrons. The van der Waals surface area contributed by atoms with Gasteiger partial charge in [-0.05, 0) is 47.9 Å². The van der Waals surface area contributed by atoms with Crippen molar-refractivity contribution in [3.63, 3.8) is 0 Å². The van der Waals surface area contributed by atoms with Crippen LogP contribution in [0.5, 0.6) is 0 Å². The Morgan fingerprint density at radius 3 is 2.75 bits per heavy atom. The first kappa shape index (κ1) is 14.2. The molecule has 0 spiro atoms. The molecular formula is C14H14N2O3S. The highest BCUT2D eigenvalue weighted by molar-refractivity contribution is 7.07. The monoisotopic (exact) mass is 290 g/mol. The molecule has 0 bridgehead atoms. The van der Waals surface area contributed by atoms with E-state index in [0.717, 1.165) is 6.42 Å². The number of pyridine rings is 1. The van der Waals surface area contributed by atoms with Gasteiger partial charge in [0, 0.05) is 12.2 Å². The summed E-state index contributed by atoms with van der Waals surface area (Å²) in [6.07, 6.45) is 2.03.